The largest absolute Gasteiger partial charge is 0.507 e. The fraction of sp³-hybridized carbons (Fsp3) is 0.429. The second-order valence-corrected chi connectivity index (χ2v) is 6.28. The number of hydrogen-bond donors (Lipinski definition) is 1. The van der Waals surface area contributed by atoms with Crippen LogP contribution in [0.1, 0.15) is 64.8 Å². The predicted octanol–water partition coefficient (Wildman–Crippen LogP) is 5.73. The molecule has 2 nitrogen and oxygen atoms in total. The van der Waals surface area contributed by atoms with Crippen LogP contribution in [0.2, 0.25) is 0 Å². The van der Waals surface area contributed by atoms with Crippen LogP contribution in [0.25, 0.3) is 11.1 Å². The molecule has 2 aromatic carbocycles. The second kappa shape index (κ2) is 5.92. The van der Waals surface area contributed by atoms with Gasteiger partial charge in [-0.1, -0.05) is 43.5 Å². The highest BCUT2D eigenvalue weighted by Crippen LogP contribution is 2.49. The Hall–Kier alpha value is -1.96. The van der Waals surface area contributed by atoms with Gasteiger partial charge in [-0.05, 0) is 56.7 Å². The standard InChI is InChI=1S/C21H26O2/c1-5-6-7-8-15-12-18(22)20-16-11-14(2)9-10-17(16)21(3,4)23-19(20)13-15/h9-13,22H,5-8H2,1-4H3/i3D3,4D3. The Balaban J connectivity index is 2.29. The van der Waals surface area contributed by atoms with Crippen LogP contribution in [0.4, 0.5) is 0 Å². The first-order valence-corrected chi connectivity index (χ1v) is 8.09. The normalized spacial score (nSPS) is 19.7. The lowest BCUT2D eigenvalue weighted by Crippen LogP contribution is -2.29. The van der Waals surface area contributed by atoms with Crippen LogP contribution in [0, 0.1) is 6.92 Å². The first kappa shape index (κ1) is 10.0. The van der Waals surface area contributed by atoms with Gasteiger partial charge < -0.3 is 9.84 Å². The van der Waals surface area contributed by atoms with Crippen molar-refractivity contribution in [3.8, 4) is 22.6 Å². The van der Waals surface area contributed by atoms with Gasteiger partial charge in [-0.15, -0.1) is 0 Å². The zero-order valence-electron chi connectivity index (χ0n) is 19.6. The van der Waals surface area contributed by atoms with E-state index in [1.165, 1.54) is 6.07 Å². The van der Waals surface area contributed by atoms with Crippen molar-refractivity contribution in [3.05, 3.63) is 47.0 Å². The van der Waals surface area contributed by atoms with Crippen molar-refractivity contribution in [3.63, 3.8) is 0 Å². The molecule has 1 N–H and O–H groups in total. The first-order valence-electron chi connectivity index (χ1n) is 11.1. The van der Waals surface area contributed by atoms with Crippen LogP contribution >= 0.6 is 0 Å². The highest BCUT2D eigenvalue weighted by molar-refractivity contribution is 5.82. The Bertz CT molecular complexity index is 901. The molecule has 0 bridgehead atoms. The number of phenols is 1. The monoisotopic (exact) mass is 316 g/mol. The number of phenolic OH excluding ortho intramolecular Hbond substituents is 1. The molecule has 23 heavy (non-hydrogen) atoms. The molecule has 1 aliphatic rings. The summed E-state index contributed by atoms with van der Waals surface area (Å²) < 4.78 is 54.4. The van der Waals surface area contributed by atoms with Gasteiger partial charge in [-0.3, -0.25) is 0 Å². The summed E-state index contributed by atoms with van der Waals surface area (Å²) in [5.74, 6) is 0.0624. The SMILES string of the molecule is [2H]C([2H])([2H])C1(C([2H])([2H])[2H])Oc2cc(CCCCC)cc(O)c2-c2cc(C)ccc21. The van der Waals surface area contributed by atoms with Gasteiger partial charge in [-0.25, -0.2) is 0 Å². The summed E-state index contributed by atoms with van der Waals surface area (Å²) in [6, 6.07) is 8.18. The van der Waals surface area contributed by atoms with Crippen LogP contribution in [-0.4, -0.2) is 5.11 Å². The van der Waals surface area contributed by atoms with Crippen molar-refractivity contribution in [1.29, 1.82) is 0 Å². The van der Waals surface area contributed by atoms with Gasteiger partial charge in [0.1, 0.15) is 17.1 Å². The van der Waals surface area contributed by atoms with E-state index in [4.69, 9.17) is 13.0 Å². The summed E-state index contributed by atoms with van der Waals surface area (Å²) in [6.45, 7) is -1.98. The minimum atomic E-state index is -2.95. The number of fused-ring (bicyclic) bond motifs is 3. The summed E-state index contributed by atoms with van der Waals surface area (Å²) in [6.07, 6.45) is 3.66. The molecule has 0 unspecified atom stereocenters. The van der Waals surface area contributed by atoms with Crippen LogP contribution in [0.5, 0.6) is 11.5 Å². The van der Waals surface area contributed by atoms with Crippen molar-refractivity contribution in [1.82, 2.24) is 0 Å². The van der Waals surface area contributed by atoms with Gasteiger partial charge in [0, 0.05) is 13.8 Å². The lowest BCUT2D eigenvalue weighted by molar-refractivity contribution is 0.105. The van der Waals surface area contributed by atoms with Crippen molar-refractivity contribution in [2.24, 2.45) is 0 Å². The average molecular weight is 316 g/mol. The molecule has 122 valence electrons. The average Bonchev–Trinajstić information content (AvgIpc) is 2.58. The molecule has 2 heteroatoms. The zero-order chi connectivity index (χ0) is 21.6. The van der Waals surface area contributed by atoms with Gasteiger partial charge in [0.05, 0.1) is 5.56 Å². The Kier molecular flexibility index (Phi) is 2.58. The van der Waals surface area contributed by atoms with Crippen LogP contribution < -0.4 is 4.74 Å². The third kappa shape index (κ3) is 2.95. The minimum Gasteiger partial charge on any atom is -0.507 e. The van der Waals surface area contributed by atoms with E-state index >= 15 is 0 Å². The molecular weight excluding hydrogens is 284 g/mol. The van der Waals surface area contributed by atoms with E-state index in [2.05, 4.69) is 6.92 Å². The smallest absolute Gasteiger partial charge is 0.132 e. The molecule has 0 saturated carbocycles. The summed E-state index contributed by atoms with van der Waals surface area (Å²) >= 11 is 0. The molecule has 1 aliphatic heterocycles. The molecule has 0 spiro atoms. The van der Waals surface area contributed by atoms with Gasteiger partial charge in [-0.2, -0.15) is 0 Å². The van der Waals surface area contributed by atoms with Gasteiger partial charge in [0.25, 0.3) is 0 Å². The third-order valence-corrected chi connectivity index (χ3v) is 4.30. The van der Waals surface area contributed by atoms with Crippen molar-refractivity contribution in [2.45, 2.75) is 58.8 Å². The quantitative estimate of drug-likeness (QED) is 0.730. The van der Waals surface area contributed by atoms with Crippen LogP contribution in [0.3, 0.4) is 0 Å². The van der Waals surface area contributed by atoms with E-state index in [0.29, 0.717) is 17.5 Å². The minimum absolute atomic E-state index is 0.0365. The van der Waals surface area contributed by atoms with Gasteiger partial charge in [0.15, 0.2) is 0 Å². The Morgan fingerprint density at radius 1 is 1.17 bits per heavy atom. The van der Waals surface area contributed by atoms with E-state index in [9.17, 15) is 5.11 Å². The molecule has 0 radical (unpaired) electrons. The number of rotatable bonds is 4. The molecule has 0 saturated heterocycles. The summed E-state index contributed by atoms with van der Waals surface area (Å²) in [4.78, 5) is 0. The lowest BCUT2D eigenvalue weighted by Gasteiger charge is -2.35. The summed E-state index contributed by atoms with van der Waals surface area (Å²) in [5.41, 5.74) is -0.124. The number of aryl methyl sites for hydroxylation is 2. The maximum Gasteiger partial charge on any atom is 0.132 e. The fourth-order valence-electron chi connectivity index (χ4n) is 3.12. The second-order valence-electron chi connectivity index (χ2n) is 6.28. The van der Waals surface area contributed by atoms with Gasteiger partial charge >= 0.3 is 0 Å². The molecule has 0 atom stereocenters. The van der Waals surface area contributed by atoms with E-state index < -0.39 is 19.3 Å². The molecule has 0 amide bonds. The Morgan fingerprint density at radius 2 is 2.00 bits per heavy atom. The van der Waals surface area contributed by atoms with Crippen molar-refractivity contribution >= 4 is 0 Å². The molecule has 0 aliphatic carbocycles. The third-order valence-electron chi connectivity index (χ3n) is 4.30. The number of unbranched alkanes of at least 4 members (excludes halogenated alkanes) is 2. The molecule has 3 rings (SSSR count). The van der Waals surface area contributed by atoms with Gasteiger partial charge in [0.2, 0.25) is 0 Å². The lowest BCUT2D eigenvalue weighted by atomic mass is 9.84. The molecule has 1 heterocycles. The molecule has 2 aromatic rings. The molecule has 0 fully saturated rings. The number of aromatic hydroxyl groups is 1. The Labute approximate surface area is 147 Å². The first-order chi connectivity index (χ1) is 13.4. The zero-order valence-corrected chi connectivity index (χ0v) is 13.6. The highest BCUT2D eigenvalue weighted by atomic mass is 16.5. The number of hydrogen-bond acceptors (Lipinski definition) is 2. The summed E-state index contributed by atoms with van der Waals surface area (Å²) in [5, 5.41) is 10.7. The van der Waals surface area contributed by atoms with E-state index in [1.54, 1.807) is 24.3 Å². The number of ether oxygens (including phenoxy) is 1. The Morgan fingerprint density at radius 3 is 2.74 bits per heavy atom. The predicted molar refractivity (Wildman–Crippen MR) is 95.2 cm³/mol. The van der Waals surface area contributed by atoms with E-state index in [-0.39, 0.29) is 17.1 Å². The maximum atomic E-state index is 10.7. The number of benzene rings is 2. The topological polar surface area (TPSA) is 29.5 Å². The maximum absolute atomic E-state index is 10.7. The van der Waals surface area contributed by atoms with E-state index in [0.717, 1.165) is 30.4 Å². The molecular formula is C21H26O2. The van der Waals surface area contributed by atoms with Crippen LogP contribution in [0.15, 0.2) is 30.3 Å². The molecule has 0 aromatic heterocycles. The van der Waals surface area contributed by atoms with Crippen molar-refractivity contribution in [2.75, 3.05) is 0 Å². The highest BCUT2D eigenvalue weighted by Gasteiger charge is 2.34. The van der Waals surface area contributed by atoms with E-state index in [1.807, 2.05) is 6.92 Å². The summed E-state index contributed by atoms with van der Waals surface area (Å²) in [7, 11) is 0. The van der Waals surface area contributed by atoms with Crippen LogP contribution in [-0.2, 0) is 12.0 Å². The fourth-order valence-corrected chi connectivity index (χ4v) is 3.12. The van der Waals surface area contributed by atoms with Crippen molar-refractivity contribution < 1.29 is 18.1 Å².